The molecule has 3 aliphatic rings. The number of carbonyl (C=O) groups is 1. The maximum Gasteiger partial charge on any atom is 0.317 e. The first kappa shape index (κ1) is 22.0. The predicted octanol–water partition coefficient (Wildman–Crippen LogP) is 1.88. The van der Waals surface area contributed by atoms with Crippen LogP contribution >= 0.6 is 11.6 Å². The van der Waals surface area contributed by atoms with E-state index in [0.717, 1.165) is 56.3 Å². The van der Waals surface area contributed by atoms with Crippen LogP contribution in [-0.4, -0.2) is 88.3 Å². The van der Waals surface area contributed by atoms with Gasteiger partial charge in [-0.05, 0) is 43.9 Å². The molecule has 31 heavy (non-hydrogen) atoms. The van der Waals surface area contributed by atoms with Gasteiger partial charge in [0.15, 0.2) is 0 Å². The highest BCUT2D eigenvalue weighted by Crippen LogP contribution is 2.27. The van der Waals surface area contributed by atoms with Crippen LogP contribution in [-0.2, 0) is 11.2 Å². The second-order valence-corrected chi connectivity index (χ2v) is 9.29. The van der Waals surface area contributed by atoms with Crippen LogP contribution in [0.25, 0.3) is 0 Å². The Bertz CT molecular complexity index is 850. The van der Waals surface area contributed by atoms with E-state index in [-0.39, 0.29) is 18.6 Å². The second kappa shape index (κ2) is 9.54. The molecule has 2 saturated heterocycles. The monoisotopic (exact) mass is 446 g/mol. The SMILES string of the molecule is C[C@H]1CN(C2CCN(C3=NN=C(N)C3)CC2)[C@@H](Cc2ccc(Cl)cc2)CN1CC(=O)O. The van der Waals surface area contributed by atoms with Crippen LogP contribution in [0.1, 0.15) is 31.7 Å². The summed E-state index contributed by atoms with van der Waals surface area (Å²) in [5, 5.41) is 18.3. The molecule has 0 spiro atoms. The second-order valence-electron chi connectivity index (χ2n) is 8.86. The highest BCUT2D eigenvalue weighted by molar-refractivity contribution is 6.30. The maximum absolute atomic E-state index is 11.4. The number of nitrogens with two attached hydrogens (primary N) is 1. The first-order valence-electron chi connectivity index (χ1n) is 11.0. The Morgan fingerprint density at radius 1 is 1.19 bits per heavy atom. The topological polar surface area (TPSA) is 97.8 Å². The van der Waals surface area contributed by atoms with Gasteiger partial charge < -0.3 is 15.7 Å². The molecule has 1 aromatic carbocycles. The Labute approximate surface area is 188 Å². The zero-order valence-corrected chi connectivity index (χ0v) is 18.7. The third-order valence-electron chi connectivity index (χ3n) is 6.67. The molecule has 2 atom stereocenters. The quantitative estimate of drug-likeness (QED) is 0.716. The summed E-state index contributed by atoms with van der Waals surface area (Å²) in [6.07, 6.45) is 3.65. The van der Waals surface area contributed by atoms with Gasteiger partial charge in [0.05, 0.1) is 13.0 Å². The van der Waals surface area contributed by atoms with Gasteiger partial charge in [-0.25, -0.2) is 0 Å². The lowest BCUT2D eigenvalue weighted by Gasteiger charge is -2.50. The lowest BCUT2D eigenvalue weighted by atomic mass is 9.94. The number of rotatable bonds is 5. The van der Waals surface area contributed by atoms with E-state index in [2.05, 4.69) is 44.0 Å². The van der Waals surface area contributed by atoms with Crippen LogP contribution in [0.5, 0.6) is 0 Å². The van der Waals surface area contributed by atoms with Crippen molar-refractivity contribution in [3.05, 3.63) is 34.9 Å². The molecular weight excluding hydrogens is 416 g/mol. The number of piperazine rings is 1. The van der Waals surface area contributed by atoms with Crippen molar-refractivity contribution in [2.24, 2.45) is 15.9 Å². The van der Waals surface area contributed by atoms with Crippen molar-refractivity contribution in [3.63, 3.8) is 0 Å². The Morgan fingerprint density at radius 2 is 1.90 bits per heavy atom. The Morgan fingerprint density at radius 3 is 2.52 bits per heavy atom. The number of nitrogens with zero attached hydrogens (tertiary/aromatic N) is 5. The summed E-state index contributed by atoms with van der Waals surface area (Å²) in [5.41, 5.74) is 7.02. The summed E-state index contributed by atoms with van der Waals surface area (Å²) in [7, 11) is 0. The normalized spacial score (nSPS) is 26.1. The molecule has 4 rings (SSSR count). The fraction of sp³-hybridized carbons (Fsp3) is 0.591. The molecule has 3 heterocycles. The van der Waals surface area contributed by atoms with Crippen LogP contribution in [0.4, 0.5) is 0 Å². The Kier molecular flexibility index (Phi) is 6.79. The first-order valence-corrected chi connectivity index (χ1v) is 11.4. The molecule has 0 aromatic heterocycles. The van der Waals surface area contributed by atoms with Crippen LogP contribution < -0.4 is 5.73 Å². The standard InChI is InChI=1S/C22H31ClN6O2/c1-15-12-29(18-6-8-27(9-7-18)21-11-20(24)25-26-21)19(13-28(15)14-22(30)31)10-16-2-4-17(23)5-3-16/h2-5,15,18-19H,6-14H2,1H3,(H2,24,25)(H,30,31)/t15-,19-/m0/s1. The van der Waals surface area contributed by atoms with E-state index in [4.69, 9.17) is 17.3 Å². The van der Waals surface area contributed by atoms with E-state index in [1.807, 2.05) is 12.1 Å². The zero-order chi connectivity index (χ0) is 22.0. The van der Waals surface area contributed by atoms with Gasteiger partial charge in [0.2, 0.25) is 0 Å². The molecule has 3 N–H and O–H groups in total. The zero-order valence-electron chi connectivity index (χ0n) is 18.0. The third kappa shape index (κ3) is 5.37. The molecule has 9 heteroatoms. The van der Waals surface area contributed by atoms with Crippen LogP contribution in [0, 0.1) is 0 Å². The van der Waals surface area contributed by atoms with Crippen LogP contribution in [0.2, 0.25) is 5.02 Å². The number of benzene rings is 1. The van der Waals surface area contributed by atoms with E-state index in [1.54, 1.807) is 0 Å². The lowest BCUT2D eigenvalue weighted by molar-refractivity contribution is -0.140. The number of carboxylic acids is 1. The van der Waals surface area contributed by atoms with E-state index in [1.165, 1.54) is 5.56 Å². The van der Waals surface area contributed by atoms with Crippen molar-refractivity contribution >= 4 is 29.2 Å². The average molecular weight is 447 g/mol. The molecular formula is C22H31ClN6O2. The van der Waals surface area contributed by atoms with Crippen molar-refractivity contribution in [1.82, 2.24) is 14.7 Å². The van der Waals surface area contributed by atoms with Gasteiger partial charge >= 0.3 is 5.97 Å². The molecule has 0 aliphatic carbocycles. The Hall–Kier alpha value is -2.16. The van der Waals surface area contributed by atoms with Crippen LogP contribution in [0.3, 0.4) is 0 Å². The average Bonchev–Trinajstić information content (AvgIpc) is 3.18. The van der Waals surface area contributed by atoms with Crippen molar-refractivity contribution < 1.29 is 9.90 Å². The van der Waals surface area contributed by atoms with Crippen molar-refractivity contribution in [2.45, 2.75) is 50.7 Å². The minimum atomic E-state index is -0.766. The molecule has 0 radical (unpaired) electrons. The summed E-state index contributed by atoms with van der Waals surface area (Å²) in [4.78, 5) is 18.4. The van der Waals surface area contributed by atoms with Gasteiger partial charge in [-0.2, -0.15) is 0 Å². The third-order valence-corrected chi connectivity index (χ3v) is 6.92. The van der Waals surface area contributed by atoms with E-state index < -0.39 is 5.97 Å². The number of halogens is 1. The van der Waals surface area contributed by atoms with E-state index in [9.17, 15) is 9.90 Å². The molecule has 8 nitrogen and oxygen atoms in total. The molecule has 2 fully saturated rings. The fourth-order valence-electron chi connectivity index (χ4n) is 5.03. The summed E-state index contributed by atoms with van der Waals surface area (Å²) in [6, 6.07) is 8.96. The minimum Gasteiger partial charge on any atom is -0.480 e. The number of piperidine rings is 1. The lowest BCUT2D eigenvalue weighted by Crippen LogP contribution is -2.62. The van der Waals surface area contributed by atoms with Gasteiger partial charge in [0.1, 0.15) is 11.7 Å². The van der Waals surface area contributed by atoms with Crippen molar-refractivity contribution in [2.75, 3.05) is 32.7 Å². The smallest absolute Gasteiger partial charge is 0.317 e. The van der Waals surface area contributed by atoms with Gasteiger partial charge in [-0.15, -0.1) is 10.2 Å². The summed E-state index contributed by atoms with van der Waals surface area (Å²) >= 11 is 6.07. The Balaban J connectivity index is 1.44. The van der Waals surface area contributed by atoms with E-state index in [0.29, 0.717) is 18.3 Å². The number of carboxylic acid groups (broad SMARTS) is 1. The maximum atomic E-state index is 11.4. The first-order chi connectivity index (χ1) is 14.9. The number of aliphatic carboxylic acids is 1. The van der Waals surface area contributed by atoms with Crippen molar-refractivity contribution in [3.8, 4) is 0 Å². The molecule has 1 aromatic rings. The summed E-state index contributed by atoms with van der Waals surface area (Å²) < 4.78 is 0. The number of hydrogen-bond acceptors (Lipinski definition) is 7. The van der Waals surface area contributed by atoms with Gasteiger partial charge in [0.25, 0.3) is 0 Å². The highest BCUT2D eigenvalue weighted by Gasteiger charge is 2.37. The highest BCUT2D eigenvalue weighted by atomic mass is 35.5. The summed E-state index contributed by atoms with van der Waals surface area (Å²) in [6.45, 7) is 5.76. The predicted molar refractivity (Wildman–Crippen MR) is 123 cm³/mol. The van der Waals surface area contributed by atoms with Gasteiger partial charge in [-0.3, -0.25) is 14.6 Å². The molecule has 0 saturated carbocycles. The minimum absolute atomic E-state index is 0.0891. The molecule has 0 unspecified atom stereocenters. The number of likely N-dealkylation sites (tertiary alicyclic amines) is 1. The fourth-order valence-corrected chi connectivity index (χ4v) is 5.15. The van der Waals surface area contributed by atoms with Gasteiger partial charge in [-0.1, -0.05) is 23.7 Å². The number of amidine groups is 2. The van der Waals surface area contributed by atoms with Crippen molar-refractivity contribution in [1.29, 1.82) is 0 Å². The van der Waals surface area contributed by atoms with E-state index >= 15 is 0 Å². The van der Waals surface area contributed by atoms with Gasteiger partial charge in [0, 0.05) is 49.3 Å². The number of hydrogen-bond donors (Lipinski definition) is 2. The molecule has 168 valence electrons. The van der Waals surface area contributed by atoms with Crippen LogP contribution in [0.15, 0.2) is 34.5 Å². The molecule has 3 aliphatic heterocycles. The molecule has 0 bridgehead atoms. The largest absolute Gasteiger partial charge is 0.480 e. The summed E-state index contributed by atoms with van der Waals surface area (Å²) in [5.74, 6) is 0.800. The molecule has 0 amide bonds.